The highest BCUT2D eigenvalue weighted by atomic mass is 35.5. The zero-order valence-electron chi connectivity index (χ0n) is 6.97. The number of aromatic hydroxyl groups is 1. The lowest BCUT2D eigenvalue weighted by Gasteiger charge is -2.02. The summed E-state index contributed by atoms with van der Waals surface area (Å²) >= 11 is 5.38. The molecule has 1 rings (SSSR count). The van der Waals surface area contributed by atoms with Crippen molar-refractivity contribution in [2.45, 2.75) is 13.3 Å². The quantitative estimate of drug-likeness (QED) is 0.799. The molecule has 70 valence electrons. The molecule has 0 unspecified atom stereocenters. The predicted molar refractivity (Wildman–Crippen MR) is 47.5 cm³/mol. The molecule has 0 saturated carbocycles. The van der Waals surface area contributed by atoms with Crippen LogP contribution in [0.3, 0.4) is 0 Å². The van der Waals surface area contributed by atoms with E-state index in [1.165, 1.54) is 13.0 Å². The number of phenolic OH excluding ortho intramolecular Hbond substituents is 1. The van der Waals surface area contributed by atoms with Gasteiger partial charge in [0.2, 0.25) is 0 Å². The molecule has 2 nitrogen and oxygen atoms in total. The van der Waals surface area contributed by atoms with Crippen molar-refractivity contribution < 1.29 is 14.3 Å². The third-order valence-electron chi connectivity index (χ3n) is 1.52. The zero-order chi connectivity index (χ0) is 10.0. The van der Waals surface area contributed by atoms with E-state index < -0.39 is 5.82 Å². The van der Waals surface area contributed by atoms with E-state index in [9.17, 15) is 9.18 Å². The van der Waals surface area contributed by atoms with Gasteiger partial charge in [-0.25, -0.2) is 4.39 Å². The molecule has 0 saturated heterocycles. The maximum atomic E-state index is 12.9. The van der Waals surface area contributed by atoms with Crippen molar-refractivity contribution in [2.75, 3.05) is 0 Å². The molecule has 0 aliphatic rings. The zero-order valence-corrected chi connectivity index (χ0v) is 7.73. The van der Waals surface area contributed by atoms with E-state index in [0.29, 0.717) is 5.56 Å². The summed E-state index contributed by atoms with van der Waals surface area (Å²) in [6.07, 6.45) is 0.0989. The minimum absolute atomic E-state index is 0.0962. The van der Waals surface area contributed by atoms with Crippen molar-refractivity contribution in [3.8, 4) is 5.75 Å². The van der Waals surface area contributed by atoms with E-state index in [-0.39, 0.29) is 23.0 Å². The van der Waals surface area contributed by atoms with E-state index in [2.05, 4.69) is 0 Å². The fraction of sp³-hybridized carbons (Fsp3) is 0.222. The van der Waals surface area contributed by atoms with Crippen LogP contribution in [0, 0.1) is 5.82 Å². The van der Waals surface area contributed by atoms with Gasteiger partial charge in [0.05, 0.1) is 0 Å². The predicted octanol–water partition coefficient (Wildman–Crippen LogP) is 2.32. The van der Waals surface area contributed by atoms with Gasteiger partial charge < -0.3 is 5.11 Å². The molecule has 0 aliphatic heterocycles. The third kappa shape index (κ3) is 2.42. The first-order chi connectivity index (χ1) is 6.00. The van der Waals surface area contributed by atoms with Gasteiger partial charge in [-0.1, -0.05) is 11.6 Å². The highest BCUT2D eigenvalue weighted by molar-refractivity contribution is 6.32. The molecule has 0 radical (unpaired) electrons. The van der Waals surface area contributed by atoms with Crippen molar-refractivity contribution in [1.82, 2.24) is 0 Å². The molecule has 0 atom stereocenters. The van der Waals surface area contributed by atoms with Crippen molar-refractivity contribution in [1.29, 1.82) is 0 Å². The van der Waals surface area contributed by atoms with Gasteiger partial charge in [0.1, 0.15) is 22.4 Å². The van der Waals surface area contributed by atoms with Crippen LogP contribution in [0.25, 0.3) is 0 Å². The topological polar surface area (TPSA) is 37.3 Å². The molecule has 0 aliphatic carbocycles. The number of halogens is 2. The minimum Gasteiger partial charge on any atom is -0.506 e. The summed E-state index contributed by atoms with van der Waals surface area (Å²) in [5, 5.41) is 8.80. The molecular weight excluding hydrogens is 195 g/mol. The number of Topliss-reactive ketones (excluding diaryl/α,β-unsaturated/α-hetero) is 1. The van der Waals surface area contributed by atoms with Crippen LogP contribution in [0.1, 0.15) is 12.5 Å². The molecule has 0 bridgehead atoms. The molecule has 1 N–H and O–H groups in total. The number of ketones is 1. The number of hydrogen-bond donors (Lipinski definition) is 1. The summed E-state index contributed by atoms with van der Waals surface area (Å²) in [7, 11) is 0. The summed E-state index contributed by atoms with van der Waals surface area (Å²) < 4.78 is 12.9. The van der Waals surface area contributed by atoms with Gasteiger partial charge in [-0.2, -0.15) is 0 Å². The monoisotopic (exact) mass is 202 g/mol. The maximum Gasteiger partial charge on any atom is 0.145 e. The van der Waals surface area contributed by atoms with Gasteiger partial charge in [-0.05, 0) is 24.6 Å². The van der Waals surface area contributed by atoms with Gasteiger partial charge in [-0.15, -0.1) is 0 Å². The first-order valence-electron chi connectivity index (χ1n) is 3.67. The van der Waals surface area contributed by atoms with E-state index in [1.54, 1.807) is 0 Å². The van der Waals surface area contributed by atoms with Crippen LogP contribution in [0.2, 0.25) is 5.02 Å². The lowest BCUT2D eigenvalue weighted by atomic mass is 10.1. The fourth-order valence-electron chi connectivity index (χ4n) is 1.02. The van der Waals surface area contributed by atoms with E-state index in [1.807, 2.05) is 0 Å². The lowest BCUT2D eigenvalue weighted by Crippen LogP contribution is -1.96. The first kappa shape index (κ1) is 9.99. The average molecular weight is 203 g/mol. The van der Waals surface area contributed by atoms with Crippen molar-refractivity contribution in [2.24, 2.45) is 0 Å². The van der Waals surface area contributed by atoms with Gasteiger partial charge in [0, 0.05) is 6.42 Å². The van der Waals surface area contributed by atoms with Crippen molar-refractivity contribution >= 4 is 17.4 Å². The molecule has 0 spiro atoms. The Balaban J connectivity index is 3.06. The second-order valence-electron chi connectivity index (χ2n) is 2.79. The summed E-state index contributed by atoms with van der Waals surface area (Å²) in [6, 6.07) is 2.43. The Morgan fingerprint density at radius 1 is 1.62 bits per heavy atom. The van der Waals surface area contributed by atoms with Gasteiger partial charge in [0.15, 0.2) is 0 Å². The largest absolute Gasteiger partial charge is 0.506 e. The van der Waals surface area contributed by atoms with Crippen LogP contribution >= 0.6 is 11.6 Å². The average Bonchev–Trinajstić information content (AvgIpc) is 1.98. The Morgan fingerprint density at radius 2 is 2.23 bits per heavy atom. The van der Waals surface area contributed by atoms with Crippen LogP contribution in [0.4, 0.5) is 4.39 Å². The Bertz CT molecular complexity index is 326. The highest BCUT2D eigenvalue weighted by Gasteiger charge is 2.08. The second kappa shape index (κ2) is 3.75. The summed E-state index contributed by atoms with van der Waals surface area (Å²) in [6.45, 7) is 1.39. The highest BCUT2D eigenvalue weighted by Crippen LogP contribution is 2.27. The van der Waals surface area contributed by atoms with Crippen molar-refractivity contribution in [3.05, 3.63) is 28.5 Å². The van der Waals surface area contributed by atoms with Gasteiger partial charge in [0.25, 0.3) is 0 Å². The van der Waals surface area contributed by atoms with Crippen LogP contribution in [0.15, 0.2) is 12.1 Å². The molecule has 1 aromatic rings. The number of carbonyl (C=O) groups excluding carboxylic acids is 1. The Hall–Kier alpha value is -1.09. The van der Waals surface area contributed by atoms with E-state index in [0.717, 1.165) is 6.07 Å². The number of carbonyl (C=O) groups is 1. The Kier molecular flexibility index (Phi) is 2.88. The Morgan fingerprint density at radius 3 is 2.69 bits per heavy atom. The first-order valence-corrected chi connectivity index (χ1v) is 4.05. The smallest absolute Gasteiger partial charge is 0.145 e. The van der Waals surface area contributed by atoms with E-state index >= 15 is 0 Å². The molecule has 0 amide bonds. The number of rotatable bonds is 2. The molecule has 0 heterocycles. The lowest BCUT2D eigenvalue weighted by molar-refractivity contribution is -0.116. The minimum atomic E-state index is -0.710. The third-order valence-corrected chi connectivity index (χ3v) is 1.90. The molecule has 0 fully saturated rings. The Labute approximate surface area is 80.0 Å². The number of benzene rings is 1. The van der Waals surface area contributed by atoms with Crippen LogP contribution in [-0.4, -0.2) is 10.9 Å². The molecule has 1 aromatic carbocycles. The fourth-order valence-corrected chi connectivity index (χ4v) is 1.13. The van der Waals surface area contributed by atoms with E-state index in [4.69, 9.17) is 16.7 Å². The number of phenols is 1. The maximum absolute atomic E-state index is 12.9. The molecular formula is C9H8ClFO2. The second-order valence-corrected chi connectivity index (χ2v) is 3.17. The summed E-state index contributed by atoms with van der Waals surface area (Å²) in [5.41, 5.74) is 0.423. The standard InChI is InChI=1S/C9H8ClFO2/c1-5(12)2-6-3-7(11)9(10)8(13)4-6/h3-4,13H,2H2,1H3. The van der Waals surface area contributed by atoms with Gasteiger partial charge >= 0.3 is 0 Å². The molecule has 4 heteroatoms. The summed E-state index contributed by atoms with van der Waals surface area (Å²) in [4.78, 5) is 10.7. The SMILES string of the molecule is CC(=O)Cc1cc(O)c(Cl)c(F)c1. The van der Waals surface area contributed by atoms with Crippen LogP contribution < -0.4 is 0 Å². The van der Waals surface area contributed by atoms with Crippen LogP contribution in [0.5, 0.6) is 5.75 Å². The van der Waals surface area contributed by atoms with Crippen LogP contribution in [-0.2, 0) is 11.2 Å². The summed E-state index contributed by atoms with van der Waals surface area (Å²) in [5.74, 6) is -1.14. The van der Waals surface area contributed by atoms with Crippen molar-refractivity contribution in [3.63, 3.8) is 0 Å². The normalized spacial score (nSPS) is 10.1. The molecule has 0 aromatic heterocycles. The number of hydrogen-bond acceptors (Lipinski definition) is 2. The molecule has 13 heavy (non-hydrogen) atoms. The van der Waals surface area contributed by atoms with Gasteiger partial charge in [-0.3, -0.25) is 4.79 Å².